The van der Waals surface area contributed by atoms with E-state index in [2.05, 4.69) is 5.32 Å². The zero-order valence-electron chi connectivity index (χ0n) is 10.2. The number of hydrogen-bond donors (Lipinski definition) is 3. The Kier molecular flexibility index (Phi) is 4.01. The fourth-order valence-electron chi connectivity index (χ4n) is 2.78. The molecule has 1 saturated carbocycles. The minimum absolute atomic E-state index is 0.112. The van der Waals surface area contributed by atoms with Crippen molar-refractivity contribution < 1.29 is 14.6 Å². The van der Waals surface area contributed by atoms with E-state index in [-0.39, 0.29) is 12.5 Å². The van der Waals surface area contributed by atoms with Crippen molar-refractivity contribution in [1.29, 1.82) is 0 Å². The molecule has 1 saturated heterocycles. The molecule has 3 atom stereocenters. The van der Waals surface area contributed by atoms with Gasteiger partial charge in [-0.3, -0.25) is 4.79 Å². The molecular formula is C12H22N2O3. The Morgan fingerprint density at radius 2 is 2.24 bits per heavy atom. The first-order valence-corrected chi connectivity index (χ1v) is 6.41. The summed E-state index contributed by atoms with van der Waals surface area (Å²) in [5.41, 5.74) is 5.13. The average molecular weight is 242 g/mol. The largest absolute Gasteiger partial charge is 0.396 e. The van der Waals surface area contributed by atoms with Crippen molar-refractivity contribution in [3.05, 3.63) is 0 Å². The van der Waals surface area contributed by atoms with Gasteiger partial charge < -0.3 is 20.9 Å². The van der Waals surface area contributed by atoms with E-state index >= 15 is 0 Å². The Morgan fingerprint density at radius 3 is 2.88 bits per heavy atom. The zero-order chi connectivity index (χ0) is 12.3. The second kappa shape index (κ2) is 5.33. The number of hydrogen-bond acceptors (Lipinski definition) is 4. The van der Waals surface area contributed by atoms with E-state index < -0.39 is 5.54 Å². The molecule has 1 aliphatic heterocycles. The Hall–Kier alpha value is -0.650. The first-order chi connectivity index (χ1) is 8.15. The number of ether oxygens (including phenoxy) is 1. The molecular weight excluding hydrogens is 220 g/mol. The van der Waals surface area contributed by atoms with Gasteiger partial charge in [0.15, 0.2) is 0 Å². The lowest BCUT2D eigenvalue weighted by atomic mass is 9.95. The summed E-state index contributed by atoms with van der Waals surface area (Å²) in [6.07, 6.45) is 3.88. The molecule has 0 aromatic heterocycles. The molecule has 0 aromatic rings. The molecule has 0 spiro atoms. The van der Waals surface area contributed by atoms with Crippen LogP contribution in [-0.2, 0) is 9.53 Å². The summed E-state index contributed by atoms with van der Waals surface area (Å²) < 4.78 is 5.17. The van der Waals surface area contributed by atoms with Crippen molar-refractivity contribution in [2.24, 2.45) is 17.6 Å². The van der Waals surface area contributed by atoms with Crippen molar-refractivity contribution >= 4 is 5.91 Å². The summed E-state index contributed by atoms with van der Waals surface area (Å²) in [6.45, 7) is 1.72. The van der Waals surface area contributed by atoms with E-state index in [0.717, 1.165) is 19.3 Å². The molecule has 0 radical (unpaired) electrons. The lowest BCUT2D eigenvalue weighted by molar-refractivity contribution is -0.126. The van der Waals surface area contributed by atoms with Gasteiger partial charge in [0.05, 0.1) is 6.61 Å². The Labute approximate surface area is 102 Å². The summed E-state index contributed by atoms with van der Waals surface area (Å²) in [5, 5.41) is 12.1. The molecule has 5 nitrogen and oxygen atoms in total. The highest BCUT2D eigenvalue weighted by molar-refractivity contribution is 5.86. The second-order valence-electron chi connectivity index (χ2n) is 5.30. The van der Waals surface area contributed by atoms with Crippen LogP contribution in [0, 0.1) is 11.8 Å². The molecule has 5 heteroatoms. The van der Waals surface area contributed by atoms with E-state index in [1.165, 1.54) is 0 Å². The van der Waals surface area contributed by atoms with E-state index in [0.29, 0.717) is 38.0 Å². The molecule has 1 heterocycles. The first-order valence-electron chi connectivity index (χ1n) is 6.41. The quantitative estimate of drug-likeness (QED) is 0.628. The summed E-state index contributed by atoms with van der Waals surface area (Å²) >= 11 is 0. The molecule has 3 unspecified atom stereocenters. The van der Waals surface area contributed by atoms with Crippen molar-refractivity contribution in [3.8, 4) is 0 Å². The predicted octanol–water partition coefficient (Wildman–Crippen LogP) is -0.371. The van der Waals surface area contributed by atoms with Crippen LogP contribution in [0.2, 0.25) is 0 Å². The van der Waals surface area contributed by atoms with Gasteiger partial charge in [0.2, 0.25) is 5.91 Å². The summed E-state index contributed by atoms with van der Waals surface area (Å²) in [4.78, 5) is 11.9. The zero-order valence-corrected chi connectivity index (χ0v) is 10.2. The van der Waals surface area contributed by atoms with Crippen LogP contribution in [-0.4, -0.2) is 42.9 Å². The molecule has 1 amide bonds. The third-order valence-electron chi connectivity index (χ3n) is 4.08. The minimum Gasteiger partial charge on any atom is -0.396 e. The van der Waals surface area contributed by atoms with Gasteiger partial charge in [0.1, 0.15) is 5.54 Å². The predicted molar refractivity (Wildman–Crippen MR) is 63.3 cm³/mol. The molecule has 0 bridgehead atoms. The lowest BCUT2D eigenvalue weighted by Gasteiger charge is -2.23. The molecule has 1 aliphatic carbocycles. The van der Waals surface area contributed by atoms with Crippen LogP contribution >= 0.6 is 0 Å². The highest BCUT2D eigenvalue weighted by Crippen LogP contribution is 2.30. The number of carbonyl (C=O) groups is 1. The molecule has 2 fully saturated rings. The molecule has 17 heavy (non-hydrogen) atoms. The van der Waals surface area contributed by atoms with Crippen molar-refractivity contribution in [1.82, 2.24) is 5.32 Å². The van der Waals surface area contributed by atoms with Crippen molar-refractivity contribution in [3.63, 3.8) is 0 Å². The fraction of sp³-hybridized carbons (Fsp3) is 0.917. The summed E-state index contributed by atoms with van der Waals surface area (Å²) in [6, 6.07) is 0. The number of aliphatic hydroxyl groups is 1. The van der Waals surface area contributed by atoms with Crippen molar-refractivity contribution in [2.75, 3.05) is 26.4 Å². The van der Waals surface area contributed by atoms with Gasteiger partial charge in [0.25, 0.3) is 0 Å². The van der Waals surface area contributed by atoms with Gasteiger partial charge >= 0.3 is 0 Å². The Morgan fingerprint density at radius 1 is 1.47 bits per heavy atom. The van der Waals surface area contributed by atoms with Crippen LogP contribution in [0.15, 0.2) is 0 Å². The monoisotopic (exact) mass is 242 g/mol. The van der Waals surface area contributed by atoms with E-state index in [4.69, 9.17) is 10.5 Å². The number of nitrogens with one attached hydrogen (secondary N) is 1. The maximum absolute atomic E-state index is 11.9. The average Bonchev–Trinajstić information content (AvgIpc) is 2.95. The maximum atomic E-state index is 11.9. The van der Waals surface area contributed by atoms with Crippen LogP contribution in [0.5, 0.6) is 0 Å². The number of amides is 1. The summed E-state index contributed by atoms with van der Waals surface area (Å²) in [5.74, 6) is 0.623. The van der Waals surface area contributed by atoms with Gasteiger partial charge in [-0.15, -0.1) is 0 Å². The smallest absolute Gasteiger partial charge is 0.242 e. The second-order valence-corrected chi connectivity index (χ2v) is 5.30. The topological polar surface area (TPSA) is 84.6 Å². The van der Waals surface area contributed by atoms with E-state index in [1.807, 2.05) is 0 Å². The fourth-order valence-corrected chi connectivity index (χ4v) is 2.78. The highest BCUT2D eigenvalue weighted by atomic mass is 16.5. The third kappa shape index (κ3) is 2.78. The van der Waals surface area contributed by atoms with Crippen LogP contribution in [0.25, 0.3) is 0 Å². The molecule has 2 aliphatic rings. The van der Waals surface area contributed by atoms with E-state index in [1.54, 1.807) is 0 Å². The normalized spacial score (nSPS) is 37.3. The summed E-state index contributed by atoms with van der Waals surface area (Å²) in [7, 11) is 0. The number of nitrogens with two attached hydrogens (primary N) is 1. The van der Waals surface area contributed by atoms with Gasteiger partial charge in [-0.2, -0.15) is 0 Å². The maximum Gasteiger partial charge on any atom is 0.242 e. The van der Waals surface area contributed by atoms with Gasteiger partial charge in [-0.05, 0) is 31.1 Å². The van der Waals surface area contributed by atoms with Crippen molar-refractivity contribution in [2.45, 2.75) is 31.2 Å². The Bertz CT molecular complexity index is 277. The molecule has 2 rings (SSSR count). The van der Waals surface area contributed by atoms with Crippen LogP contribution < -0.4 is 11.1 Å². The number of carbonyl (C=O) groups excluding carboxylic acids is 1. The number of rotatable bonds is 4. The molecule has 4 N–H and O–H groups in total. The molecule has 0 aromatic carbocycles. The third-order valence-corrected chi connectivity index (χ3v) is 4.08. The van der Waals surface area contributed by atoms with Gasteiger partial charge in [-0.1, -0.05) is 6.42 Å². The SMILES string of the molecule is NC1(C(=O)NCC2CCCC2CO)CCOC1. The van der Waals surface area contributed by atoms with E-state index in [9.17, 15) is 9.90 Å². The first kappa shape index (κ1) is 12.8. The van der Waals surface area contributed by atoms with Crippen LogP contribution in [0.1, 0.15) is 25.7 Å². The number of aliphatic hydroxyl groups excluding tert-OH is 1. The van der Waals surface area contributed by atoms with Crippen LogP contribution in [0.3, 0.4) is 0 Å². The van der Waals surface area contributed by atoms with Gasteiger partial charge in [0, 0.05) is 19.8 Å². The minimum atomic E-state index is -0.840. The molecule has 98 valence electrons. The lowest BCUT2D eigenvalue weighted by Crippen LogP contribution is -2.55. The Balaban J connectivity index is 1.79. The standard InChI is InChI=1S/C12H22N2O3/c13-12(4-5-17-8-12)11(16)14-6-9-2-1-3-10(9)7-15/h9-10,15H,1-8,13H2,(H,14,16). The van der Waals surface area contributed by atoms with Crippen LogP contribution in [0.4, 0.5) is 0 Å². The highest BCUT2D eigenvalue weighted by Gasteiger charge is 2.38. The van der Waals surface area contributed by atoms with Gasteiger partial charge in [-0.25, -0.2) is 0 Å².